The first kappa shape index (κ1) is 15.6. The summed E-state index contributed by atoms with van der Waals surface area (Å²) in [7, 11) is 0. The molecule has 1 aromatic heterocycles. The van der Waals surface area contributed by atoms with Gasteiger partial charge in [-0.15, -0.1) is 0 Å². The summed E-state index contributed by atoms with van der Waals surface area (Å²) < 4.78 is 6.44. The van der Waals surface area contributed by atoms with Crippen molar-refractivity contribution in [2.45, 2.75) is 19.8 Å². The molecule has 0 aliphatic carbocycles. The Labute approximate surface area is 141 Å². The van der Waals surface area contributed by atoms with Crippen LogP contribution in [0, 0.1) is 0 Å². The monoisotopic (exact) mass is 374 g/mol. The van der Waals surface area contributed by atoms with Gasteiger partial charge in [0.15, 0.2) is 5.43 Å². The van der Waals surface area contributed by atoms with Crippen LogP contribution in [0.4, 0.5) is 0 Å². The fourth-order valence-electron chi connectivity index (χ4n) is 2.56. The molecule has 4 nitrogen and oxygen atoms in total. The third-order valence-corrected chi connectivity index (χ3v) is 4.34. The van der Waals surface area contributed by atoms with Crippen molar-refractivity contribution in [2.24, 2.45) is 0 Å². The molecule has 0 aliphatic rings. The van der Waals surface area contributed by atoms with E-state index in [9.17, 15) is 15.0 Å². The van der Waals surface area contributed by atoms with Gasteiger partial charge >= 0.3 is 0 Å². The van der Waals surface area contributed by atoms with Gasteiger partial charge in [-0.25, -0.2) is 0 Å². The van der Waals surface area contributed by atoms with Crippen LogP contribution in [0.3, 0.4) is 0 Å². The van der Waals surface area contributed by atoms with Crippen LogP contribution in [-0.4, -0.2) is 10.2 Å². The van der Waals surface area contributed by atoms with Gasteiger partial charge in [-0.2, -0.15) is 0 Å². The van der Waals surface area contributed by atoms with Gasteiger partial charge in [0.25, 0.3) is 0 Å². The highest BCUT2D eigenvalue weighted by Gasteiger charge is 2.14. The maximum absolute atomic E-state index is 12.4. The molecule has 0 bridgehead atoms. The fraction of sp³-hybridized carbons (Fsp3) is 0.167. The SMILES string of the molecule is CCCc1c(O)ccc2c(=O)cc(-c3ccc(O)c(Br)c3)oc12. The van der Waals surface area contributed by atoms with Crippen LogP contribution in [0.2, 0.25) is 0 Å². The lowest BCUT2D eigenvalue weighted by Gasteiger charge is -2.09. The number of phenolic OH excluding ortho intramolecular Hbond substituents is 2. The van der Waals surface area contributed by atoms with Crippen LogP contribution in [0.1, 0.15) is 18.9 Å². The molecule has 0 radical (unpaired) electrons. The van der Waals surface area contributed by atoms with Crippen LogP contribution in [0.25, 0.3) is 22.3 Å². The highest BCUT2D eigenvalue weighted by Crippen LogP contribution is 2.33. The van der Waals surface area contributed by atoms with Crippen LogP contribution < -0.4 is 5.43 Å². The Bertz CT molecular complexity index is 944. The Morgan fingerprint density at radius 2 is 1.83 bits per heavy atom. The molecule has 2 aromatic carbocycles. The zero-order chi connectivity index (χ0) is 16.6. The van der Waals surface area contributed by atoms with Crippen LogP contribution >= 0.6 is 15.9 Å². The molecule has 0 fully saturated rings. The summed E-state index contributed by atoms with van der Waals surface area (Å²) >= 11 is 3.25. The number of hydrogen-bond acceptors (Lipinski definition) is 4. The smallest absolute Gasteiger partial charge is 0.193 e. The van der Waals surface area contributed by atoms with Gasteiger partial charge in [-0.1, -0.05) is 13.3 Å². The Morgan fingerprint density at radius 1 is 1.09 bits per heavy atom. The molecular weight excluding hydrogens is 360 g/mol. The van der Waals surface area contributed by atoms with Crippen molar-refractivity contribution in [1.82, 2.24) is 0 Å². The van der Waals surface area contributed by atoms with Gasteiger partial charge < -0.3 is 14.6 Å². The highest BCUT2D eigenvalue weighted by molar-refractivity contribution is 9.10. The second-order valence-electron chi connectivity index (χ2n) is 5.33. The lowest BCUT2D eigenvalue weighted by atomic mass is 10.0. The predicted molar refractivity (Wildman–Crippen MR) is 92.9 cm³/mol. The molecule has 0 spiro atoms. The van der Waals surface area contributed by atoms with Crippen molar-refractivity contribution >= 4 is 26.9 Å². The topological polar surface area (TPSA) is 70.7 Å². The number of benzene rings is 2. The van der Waals surface area contributed by atoms with E-state index in [0.29, 0.717) is 38.7 Å². The van der Waals surface area contributed by atoms with Crippen molar-refractivity contribution in [3.05, 3.63) is 56.7 Å². The molecule has 0 amide bonds. The second kappa shape index (κ2) is 6.08. The zero-order valence-electron chi connectivity index (χ0n) is 12.5. The van der Waals surface area contributed by atoms with E-state index in [4.69, 9.17) is 4.42 Å². The minimum atomic E-state index is -0.164. The van der Waals surface area contributed by atoms with Crippen molar-refractivity contribution in [3.8, 4) is 22.8 Å². The molecule has 0 aliphatic heterocycles. The van der Waals surface area contributed by atoms with E-state index >= 15 is 0 Å². The molecule has 3 aromatic rings. The van der Waals surface area contributed by atoms with Crippen LogP contribution in [-0.2, 0) is 6.42 Å². The van der Waals surface area contributed by atoms with E-state index in [1.165, 1.54) is 18.2 Å². The number of aromatic hydroxyl groups is 2. The van der Waals surface area contributed by atoms with Gasteiger partial charge in [0.2, 0.25) is 0 Å². The first-order valence-corrected chi connectivity index (χ1v) is 8.08. The zero-order valence-corrected chi connectivity index (χ0v) is 14.1. The van der Waals surface area contributed by atoms with E-state index in [1.54, 1.807) is 18.2 Å². The number of phenols is 2. The minimum absolute atomic E-state index is 0.112. The third-order valence-electron chi connectivity index (χ3n) is 3.71. The Kier molecular flexibility index (Phi) is 4.13. The first-order chi connectivity index (χ1) is 11.0. The third kappa shape index (κ3) is 2.84. The molecule has 0 saturated carbocycles. The maximum atomic E-state index is 12.4. The summed E-state index contributed by atoms with van der Waals surface area (Å²) in [5, 5.41) is 20.1. The minimum Gasteiger partial charge on any atom is -0.508 e. The highest BCUT2D eigenvalue weighted by atomic mass is 79.9. The van der Waals surface area contributed by atoms with Gasteiger partial charge in [0.05, 0.1) is 9.86 Å². The molecule has 0 unspecified atom stereocenters. The summed E-state index contributed by atoms with van der Waals surface area (Å²) in [6.07, 6.45) is 1.44. The Balaban J connectivity index is 2.29. The number of rotatable bonds is 3. The fourth-order valence-corrected chi connectivity index (χ4v) is 2.94. The number of aryl methyl sites for hydroxylation is 1. The van der Waals surface area contributed by atoms with Crippen molar-refractivity contribution in [1.29, 1.82) is 0 Å². The Hall–Kier alpha value is -2.27. The largest absolute Gasteiger partial charge is 0.508 e. The number of halogens is 1. The summed E-state index contributed by atoms with van der Waals surface area (Å²) in [6, 6.07) is 9.41. The summed E-state index contributed by atoms with van der Waals surface area (Å²) in [6.45, 7) is 2.00. The molecule has 5 heteroatoms. The molecule has 2 N–H and O–H groups in total. The van der Waals surface area contributed by atoms with Gasteiger partial charge in [0, 0.05) is 17.2 Å². The molecule has 0 saturated heterocycles. The van der Waals surface area contributed by atoms with Crippen molar-refractivity contribution in [2.75, 3.05) is 0 Å². The van der Waals surface area contributed by atoms with Gasteiger partial charge in [0.1, 0.15) is 22.8 Å². The molecule has 118 valence electrons. The molecule has 1 heterocycles. The number of fused-ring (bicyclic) bond motifs is 1. The average molecular weight is 375 g/mol. The van der Waals surface area contributed by atoms with E-state index < -0.39 is 0 Å². The van der Waals surface area contributed by atoms with E-state index in [2.05, 4.69) is 15.9 Å². The first-order valence-electron chi connectivity index (χ1n) is 7.29. The van der Waals surface area contributed by atoms with Crippen LogP contribution in [0.15, 0.2) is 50.1 Å². The van der Waals surface area contributed by atoms with Crippen molar-refractivity contribution in [3.63, 3.8) is 0 Å². The number of hydrogen-bond donors (Lipinski definition) is 2. The average Bonchev–Trinajstić information content (AvgIpc) is 2.52. The van der Waals surface area contributed by atoms with Crippen molar-refractivity contribution < 1.29 is 14.6 Å². The quantitative estimate of drug-likeness (QED) is 0.703. The molecule has 0 atom stereocenters. The second-order valence-corrected chi connectivity index (χ2v) is 6.19. The lowest BCUT2D eigenvalue weighted by Crippen LogP contribution is -2.02. The lowest BCUT2D eigenvalue weighted by molar-refractivity contribution is 0.466. The standard InChI is InChI=1S/C18H15BrO4/c1-2-3-11-14(20)7-5-12-16(22)9-17(23-18(11)12)10-4-6-15(21)13(19)8-10/h4-9,20-21H,2-3H2,1H3. The van der Waals surface area contributed by atoms with Gasteiger partial charge in [-0.05, 0) is 52.7 Å². The summed E-state index contributed by atoms with van der Waals surface area (Å²) in [5.41, 5.74) is 1.56. The maximum Gasteiger partial charge on any atom is 0.193 e. The predicted octanol–water partition coefficient (Wildman–Crippen LogP) is 4.59. The van der Waals surface area contributed by atoms with Gasteiger partial charge in [-0.3, -0.25) is 4.79 Å². The van der Waals surface area contributed by atoms with E-state index in [0.717, 1.165) is 6.42 Å². The Morgan fingerprint density at radius 3 is 2.52 bits per heavy atom. The van der Waals surface area contributed by atoms with E-state index in [1.807, 2.05) is 6.92 Å². The molecular formula is C18H15BrO4. The van der Waals surface area contributed by atoms with Crippen LogP contribution in [0.5, 0.6) is 11.5 Å². The van der Waals surface area contributed by atoms with E-state index in [-0.39, 0.29) is 16.9 Å². The molecule has 3 rings (SSSR count). The summed E-state index contributed by atoms with van der Waals surface area (Å²) in [5.74, 6) is 0.638. The summed E-state index contributed by atoms with van der Waals surface area (Å²) in [4.78, 5) is 12.4. The normalized spacial score (nSPS) is 11.0. The molecule has 23 heavy (non-hydrogen) atoms.